The monoisotopic (exact) mass is 394 g/mol. The van der Waals surface area contributed by atoms with E-state index in [0.717, 1.165) is 16.7 Å². The molecule has 2 N–H and O–H groups in total. The number of carbonyl (C=O) groups is 1. The highest BCUT2D eigenvalue weighted by Crippen LogP contribution is 2.29. The normalized spacial score (nSPS) is 14.0. The molecular weight excluding hydrogens is 375 g/mol. The summed E-state index contributed by atoms with van der Waals surface area (Å²) >= 11 is 6.41. The van der Waals surface area contributed by atoms with Crippen molar-refractivity contribution >= 4 is 17.5 Å². The molecule has 0 saturated carbocycles. The Morgan fingerprint density at radius 3 is 2.32 bits per heavy atom. The number of halogens is 2. The Morgan fingerprint density at radius 1 is 1.04 bits per heavy atom. The Kier molecular flexibility index (Phi) is 5.16. The molecule has 142 valence electrons. The molecule has 1 heterocycles. The second-order valence-corrected chi connectivity index (χ2v) is 7.47. The molecule has 1 amide bonds. The molecule has 3 aromatic rings. The molecule has 3 aromatic carbocycles. The third-order valence-electron chi connectivity index (χ3n) is 5.15. The van der Waals surface area contributed by atoms with E-state index in [0.29, 0.717) is 35.7 Å². The van der Waals surface area contributed by atoms with Crippen molar-refractivity contribution < 1.29 is 9.18 Å². The molecule has 0 saturated heterocycles. The third kappa shape index (κ3) is 3.66. The first-order valence-corrected chi connectivity index (χ1v) is 9.55. The van der Waals surface area contributed by atoms with Crippen LogP contribution < -0.4 is 5.73 Å². The summed E-state index contributed by atoms with van der Waals surface area (Å²) in [6.45, 7) is 1.17. The van der Waals surface area contributed by atoms with Gasteiger partial charge < -0.3 is 10.6 Å². The van der Waals surface area contributed by atoms with Gasteiger partial charge in [0.15, 0.2) is 0 Å². The zero-order valence-electron chi connectivity index (χ0n) is 15.2. The average molecular weight is 395 g/mol. The minimum Gasteiger partial charge on any atom is -0.333 e. The molecule has 1 unspecified atom stereocenters. The summed E-state index contributed by atoms with van der Waals surface area (Å²) in [6, 6.07) is 19.2. The number of amides is 1. The SMILES string of the molecule is NC(Cc1ccc(-c2ccccc2F)cc1Cl)C(=O)N1Cc2ccccc2C1. The van der Waals surface area contributed by atoms with Crippen molar-refractivity contribution in [2.24, 2.45) is 5.73 Å². The highest BCUT2D eigenvalue weighted by molar-refractivity contribution is 6.31. The minimum atomic E-state index is -0.675. The van der Waals surface area contributed by atoms with Crippen LogP contribution in [0.2, 0.25) is 5.02 Å². The molecule has 4 rings (SSSR count). The van der Waals surface area contributed by atoms with Crippen LogP contribution in [0, 0.1) is 5.82 Å². The van der Waals surface area contributed by atoms with Crippen LogP contribution in [-0.2, 0) is 24.3 Å². The van der Waals surface area contributed by atoms with Gasteiger partial charge in [0.05, 0.1) is 6.04 Å². The van der Waals surface area contributed by atoms with Crippen LogP contribution in [-0.4, -0.2) is 16.8 Å². The van der Waals surface area contributed by atoms with Gasteiger partial charge in [-0.1, -0.05) is 66.2 Å². The predicted molar refractivity (Wildman–Crippen MR) is 109 cm³/mol. The number of carbonyl (C=O) groups excluding carboxylic acids is 1. The molecule has 0 fully saturated rings. The molecule has 28 heavy (non-hydrogen) atoms. The van der Waals surface area contributed by atoms with E-state index in [1.54, 1.807) is 29.2 Å². The van der Waals surface area contributed by atoms with Crippen LogP contribution in [0.1, 0.15) is 16.7 Å². The molecule has 0 spiro atoms. The first kappa shape index (κ1) is 18.7. The number of fused-ring (bicyclic) bond motifs is 1. The molecule has 5 heteroatoms. The topological polar surface area (TPSA) is 46.3 Å². The Hall–Kier alpha value is -2.69. The zero-order chi connectivity index (χ0) is 19.7. The van der Waals surface area contributed by atoms with Crippen molar-refractivity contribution in [3.8, 4) is 11.1 Å². The quantitative estimate of drug-likeness (QED) is 0.705. The van der Waals surface area contributed by atoms with Crippen molar-refractivity contribution in [1.82, 2.24) is 4.90 Å². The summed E-state index contributed by atoms with van der Waals surface area (Å²) in [4.78, 5) is 14.5. The largest absolute Gasteiger partial charge is 0.333 e. The molecule has 3 nitrogen and oxygen atoms in total. The van der Waals surface area contributed by atoms with Crippen LogP contribution in [0.15, 0.2) is 66.7 Å². The Labute approximate surface area is 168 Å². The van der Waals surface area contributed by atoms with Gasteiger partial charge in [0.1, 0.15) is 5.82 Å². The van der Waals surface area contributed by atoms with Crippen molar-refractivity contribution in [2.75, 3.05) is 0 Å². The van der Waals surface area contributed by atoms with Gasteiger partial charge in [0, 0.05) is 23.7 Å². The highest BCUT2D eigenvalue weighted by Gasteiger charge is 2.27. The zero-order valence-corrected chi connectivity index (χ0v) is 16.0. The highest BCUT2D eigenvalue weighted by atomic mass is 35.5. The maximum atomic E-state index is 14.0. The summed E-state index contributed by atoms with van der Waals surface area (Å²) in [6.07, 6.45) is 0.335. The summed E-state index contributed by atoms with van der Waals surface area (Å²) in [7, 11) is 0. The van der Waals surface area contributed by atoms with Gasteiger partial charge in [-0.25, -0.2) is 4.39 Å². The minimum absolute atomic E-state index is 0.0922. The van der Waals surface area contributed by atoms with Gasteiger partial charge in [0.25, 0.3) is 0 Å². The molecule has 1 aliphatic rings. The molecule has 0 aliphatic carbocycles. The molecule has 0 bridgehead atoms. The second kappa shape index (κ2) is 7.74. The standard InChI is InChI=1S/C23H20ClFN2O/c24-20-11-15(19-7-3-4-8-21(19)25)9-10-16(20)12-22(26)23(28)27-13-17-5-1-2-6-18(17)14-27/h1-11,22H,12-14,26H2. The van der Waals surface area contributed by atoms with Crippen LogP contribution in [0.5, 0.6) is 0 Å². The van der Waals surface area contributed by atoms with Crippen LogP contribution in [0.3, 0.4) is 0 Å². The predicted octanol–water partition coefficient (Wildman–Crippen LogP) is 4.56. The van der Waals surface area contributed by atoms with Gasteiger partial charge >= 0.3 is 0 Å². The van der Waals surface area contributed by atoms with Crippen molar-refractivity contribution in [1.29, 1.82) is 0 Å². The van der Waals surface area contributed by atoms with Crippen LogP contribution in [0.25, 0.3) is 11.1 Å². The van der Waals surface area contributed by atoms with E-state index < -0.39 is 6.04 Å². The van der Waals surface area contributed by atoms with Crippen molar-refractivity contribution in [2.45, 2.75) is 25.6 Å². The van der Waals surface area contributed by atoms with E-state index in [1.807, 2.05) is 36.4 Å². The Balaban J connectivity index is 1.47. The fraction of sp³-hybridized carbons (Fsp3) is 0.174. The number of nitrogens with zero attached hydrogens (tertiary/aromatic N) is 1. The third-order valence-corrected chi connectivity index (χ3v) is 5.50. The van der Waals surface area contributed by atoms with E-state index in [1.165, 1.54) is 6.07 Å². The lowest BCUT2D eigenvalue weighted by Gasteiger charge is -2.21. The molecule has 1 aliphatic heterocycles. The van der Waals surface area contributed by atoms with Gasteiger partial charge in [0.2, 0.25) is 5.91 Å². The maximum absolute atomic E-state index is 14.0. The Morgan fingerprint density at radius 2 is 1.68 bits per heavy atom. The van der Waals surface area contributed by atoms with Gasteiger partial charge in [-0.05, 0) is 40.8 Å². The lowest BCUT2D eigenvalue weighted by Crippen LogP contribution is -2.42. The van der Waals surface area contributed by atoms with Crippen molar-refractivity contribution in [3.63, 3.8) is 0 Å². The summed E-state index contributed by atoms with van der Waals surface area (Å²) in [5.74, 6) is -0.391. The second-order valence-electron chi connectivity index (χ2n) is 7.06. The smallest absolute Gasteiger partial charge is 0.240 e. The number of hydrogen-bond acceptors (Lipinski definition) is 2. The maximum Gasteiger partial charge on any atom is 0.240 e. The van der Waals surface area contributed by atoms with Crippen LogP contribution >= 0.6 is 11.6 Å². The number of benzene rings is 3. The lowest BCUT2D eigenvalue weighted by molar-refractivity contribution is -0.133. The fourth-order valence-electron chi connectivity index (χ4n) is 3.62. The van der Waals surface area contributed by atoms with E-state index >= 15 is 0 Å². The lowest BCUT2D eigenvalue weighted by atomic mass is 10.00. The molecule has 1 atom stereocenters. The number of hydrogen-bond donors (Lipinski definition) is 1. The summed E-state index contributed by atoms with van der Waals surface area (Å²) in [5.41, 5.74) is 10.5. The Bertz CT molecular complexity index is 1010. The summed E-state index contributed by atoms with van der Waals surface area (Å²) < 4.78 is 14.0. The van der Waals surface area contributed by atoms with Crippen LogP contribution in [0.4, 0.5) is 4.39 Å². The van der Waals surface area contributed by atoms with E-state index in [2.05, 4.69) is 0 Å². The number of nitrogens with two attached hydrogens (primary N) is 1. The summed E-state index contributed by atoms with van der Waals surface area (Å²) in [5, 5.41) is 0.480. The first-order chi connectivity index (χ1) is 13.5. The van der Waals surface area contributed by atoms with Gasteiger partial charge in [-0.2, -0.15) is 0 Å². The van der Waals surface area contributed by atoms with Gasteiger partial charge in [-0.3, -0.25) is 4.79 Å². The van der Waals surface area contributed by atoms with E-state index in [4.69, 9.17) is 17.3 Å². The molecule has 0 radical (unpaired) electrons. The molecule has 0 aromatic heterocycles. The first-order valence-electron chi connectivity index (χ1n) is 9.17. The van der Waals surface area contributed by atoms with Gasteiger partial charge in [-0.15, -0.1) is 0 Å². The number of rotatable bonds is 4. The fourth-order valence-corrected chi connectivity index (χ4v) is 3.88. The van der Waals surface area contributed by atoms with E-state index in [9.17, 15) is 9.18 Å². The molecular formula is C23H20ClFN2O. The average Bonchev–Trinajstić information content (AvgIpc) is 3.13. The van der Waals surface area contributed by atoms with E-state index in [-0.39, 0.29) is 11.7 Å². The van der Waals surface area contributed by atoms with Crippen molar-refractivity contribution in [3.05, 3.63) is 94.3 Å².